The van der Waals surface area contributed by atoms with E-state index in [9.17, 15) is 0 Å². The second kappa shape index (κ2) is 6.85. The lowest BCUT2D eigenvalue weighted by molar-refractivity contribution is 0.318. The first-order valence-corrected chi connectivity index (χ1v) is 9.01. The molecular weight excluding hydrogens is 346 g/mol. The van der Waals surface area contributed by atoms with Gasteiger partial charge in [-0.05, 0) is 48.2 Å². The SMILES string of the molecule is COc1cc2c(cc1OC)-c1c(OC)c(OC)c(OC)c3c1[C@H](C2)NCC3. The largest absolute Gasteiger partial charge is 0.493 e. The molecule has 0 saturated heterocycles. The molecule has 2 aromatic rings. The molecule has 1 aliphatic heterocycles. The molecule has 0 aromatic heterocycles. The second-order valence-electron chi connectivity index (χ2n) is 6.69. The highest BCUT2D eigenvalue weighted by molar-refractivity contribution is 5.87. The number of fused-ring (bicyclic) bond motifs is 2. The number of hydrogen-bond donors (Lipinski definition) is 1. The number of methoxy groups -OCH3 is 5. The lowest BCUT2D eigenvalue weighted by Crippen LogP contribution is -2.34. The van der Waals surface area contributed by atoms with Gasteiger partial charge in [-0.25, -0.2) is 0 Å². The van der Waals surface area contributed by atoms with Gasteiger partial charge < -0.3 is 29.0 Å². The summed E-state index contributed by atoms with van der Waals surface area (Å²) in [5, 5.41) is 3.64. The number of nitrogens with one attached hydrogen (secondary N) is 1. The van der Waals surface area contributed by atoms with Crippen LogP contribution in [-0.4, -0.2) is 42.1 Å². The molecule has 144 valence electrons. The molecule has 0 saturated carbocycles. The van der Waals surface area contributed by atoms with Crippen molar-refractivity contribution in [3.63, 3.8) is 0 Å². The summed E-state index contributed by atoms with van der Waals surface area (Å²) in [6, 6.07) is 4.29. The Labute approximate surface area is 159 Å². The molecule has 0 radical (unpaired) electrons. The van der Waals surface area contributed by atoms with E-state index in [2.05, 4.69) is 11.4 Å². The average Bonchev–Trinajstić information content (AvgIpc) is 2.71. The van der Waals surface area contributed by atoms with Gasteiger partial charge in [0.15, 0.2) is 23.0 Å². The Morgan fingerprint density at radius 1 is 0.815 bits per heavy atom. The Morgan fingerprint density at radius 2 is 1.48 bits per heavy atom. The molecule has 1 heterocycles. The van der Waals surface area contributed by atoms with Gasteiger partial charge in [0, 0.05) is 17.2 Å². The summed E-state index contributed by atoms with van der Waals surface area (Å²) < 4.78 is 28.4. The van der Waals surface area contributed by atoms with Gasteiger partial charge in [0.25, 0.3) is 0 Å². The van der Waals surface area contributed by atoms with Crippen LogP contribution in [0.3, 0.4) is 0 Å². The van der Waals surface area contributed by atoms with Crippen molar-refractivity contribution in [2.45, 2.75) is 18.9 Å². The number of ether oxygens (including phenoxy) is 5. The van der Waals surface area contributed by atoms with Crippen molar-refractivity contribution in [2.75, 3.05) is 42.1 Å². The Morgan fingerprint density at radius 3 is 2.11 bits per heavy atom. The molecule has 0 unspecified atom stereocenters. The predicted molar refractivity (Wildman–Crippen MR) is 103 cm³/mol. The van der Waals surface area contributed by atoms with Crippen LogP contribution in [0.15, 0.2) is 12.1 Å². The Balaban J connectivity index is 2.10. The van der Waals surface area contributed by atoms with Crippen LogP contribution in [0, 0.1) is 0 Å². The van der Waals surface area contributed by atoms with Gasteiger partial charge in [0.1, 0.15) is 0 Å². The quantitative estimate of drug-likeness (QED) is 0.871. The highest BCUT2D eigenvalue weighted by Crippen LogP contribution is 2.56. The Kier molecular flexibility index (Phi) is 4.52. The van der Waals surface area contributed by atoms with E-state index in [1.807, 2.05) is 6.07 Å². The summed E-state index contributed by atoms with van der Waals surface area (Å²) in [5.74, 6) is 3.52. The molecule has 6 heteroatoms. The standard InChI is InChI=1S/C21H25NO5/c1-23-15-9-11-8-14-17-12(6-7-22-14)19(25-3)21(27-5)20(26-4)18(17)13(11)10-16(15)24-2/h9-10,14,22H,6-8H2,1-5H3/t14-/m0/s1. The molecule has 0 bridgehead atoms. The van der Waals surface area contributed by atoms with Crippen molar-refractivity contribution in [3.8, 4) is 39.9 Å². The van der Waals surface area contributed by atoms with Crippen LogP contribution >= 0.6 is 0 Å². The fourth-order valence-electron chi connectivity index (χ4n) is 4.44. The molecule has 1 aliphatic carbocycles. The van der Waals surface area contributed by atoms with E-state index in [0.29, 0.717) is 17.2 Å². The molecule has 0 fully saturated rings. The molecule has 0 amide bonds. The smallest absolute Gasteiger partial charge is 0.204 e. The Hall–Kier alpha value is -2.60. The van der Waals surface area contributed by atoms with Crippen LogP contribution in [0.4, 0.5) is 0 Å². The van der Waals surface area contributed by atoms with Crippen LogP contribution in [0.1, 0.15) is 22.7 Å². The maximum Gasteiger partial charge on any atom is 0.204 e. The number of hydrogen-bond acceptors (Lipinski definition) is 6. The van der Waals surface area contributed by atoms with E-state index in [-0.39, 0.29) is 6.04 Å². The van der Waals surface area contributed by atoms with Gasteiger partial charge in [-0.3, -0.25) is 0 Å². The molecule has 27 heavy (non-hydrogen) atoms. The van der Waals surface area contributed by atoms with Gasteiger partial charge >= 0.3 is 0 Å². The first kappa shape index (κ1) is 17.8. The molecule has 0 spiro atoms. The highest BCUT2D eigenvalue weighted by atomic mass is 16.5. The van der Waals surface area contributed by atoms with Gasteiger partial charge in [-0.15, -0.1) is 0 Å². The van der Waals surface area contributed by atoms with Crippen LogP contribution in [0.5, 0.6) is 28.7 Å². The first-order chi connectivity index (χ1) is 13.2. The van der Waals surface area contributed by atoms with Crippen LogP contribution in [-0.2, 0) is 12.8 Å². The van der Waals surface area contributed by atoms with Crippen molar-refractivity contribution in [1.29, 1.82) is 0 Å². The third kappa shape index (κ3) is 2.51. The minimum absolute atomic E-state index is 0.197. The second-order valence-corrected chi connectivity index (χ2v) is 6.69. The Bertz CT molecular complexity index is 893. The lowest BCUT2D eigenvalue weighted by Gasteiger charge is -2.37. The van der Waals surface area contributed by atoms with Crippen molar-refractivity contribution < 1.29 is 23.7 Å². The molecular formula is C21H25NO5. The van der Waals surface area contributed by atoms with Gasteiger partial charge in [0.05, 0.1) is 35.5 Å². The van der Waals surface area contributed by atoms with E-state index < -0.39 is 0 Å². The number of benzene rings is 2. The predicted octanol–water partition coefficient (Wildman–Crippen LogP) is 3.14. The van der Waals surface area contributed by atoms with Crippen LogP contribution in [0.25, 0.3) is 11.1 Å². The summed E-state index contributed by atoms with van der Waals surface area (Å²) in [6.45, 7) is 0.894. The fraction of sp³-hybridized carbons (Fsp3) is 0.429. The minimum atomic E-state index is 0.197. The first-order valence-electron chi connectivity index (χ1n) is 9.01. The van der Waals surface area contributed by atoms with Crippen LogP contribution in [0.2, 0.25) is 0 Å². The molecule has 6 nitrogen and oxygen atoms in total. The highest BCUT2D eigenvalue weighted by Gasteiger charge is 2.37. The third-order valence-electron chi connectivity index (χ3n) is 5.54. The molecule has 1 N–H and O–H groups in total. The fourth-order valence-corrected chi connectivity index (χ4v) is 4.44. The normalized spacial score (nSPS) is 16.9. The van der Waals surface area contributed by atoms with Crippen molar-refractivity contribution in [2.24, 2.45) is 0 Å². The zero-order valence-electron chi connectivity index (χ0n) is 16.4. The van der Waals surface area contributed by atoms with E-state index in [1.165, 1.54) is 16.7 Å². The molecule has 4 rings (SSSR count). The minimum Gasteiger partial charge on any atom is -0.493 e. The zero-order chi connectivity index (χ0) is 19.1. The summed E-state index contributed by atoms with van der Waals surface area (Å²) in [6.07, 6.45) is 1.75. The van der Waals surface area contributed by atoms with E-state index >= 15 is 0 Å². The van der Waals surface area contributed by atoms with Gasteiger partial charge in [0.2, 0.25) is 5.75 Å². The summed E-state index contributed by atoms with van der Waals surface area (Å²) in [7, 11) is 8.31. The van der Waals surface area contributed by atoms with Gasteiger partial charge in [-0.2, -0.15) is 0 Å². The van der Waals surface area contributed by atoms with E-state index in [1.54, 1.807) is 35.5 Å². The topological polar surface area (TPSA) is 58.2 Å². The zero-order valence-corrected chi connectivity index (χ0v) is 16.4. The van der Waals surface area contributed by atoms with E-state index in [4.69, 9.17) is 23.7 Å². The van der Waals surface area contributed by atoms with E-state index in [0.717, 1.165) is 42.0 Å². The van der Waals surface area contributed by atoms with Gasteiger partial charge in [-0.1, -0.05) is 0 Å². The number of rotatable bonds is 5. The maximum absolute atomic E-state index is 5.83. The molecule has 2 aromatic carbocycles. The monoisotopic (exact) mass is 371 g/mol. The summed E-state index contributed by atoms with van der Waals surface area (Å²) >= 11 is 0. The van der Waals surface area contributed by atoms with Crippen molar-refractivity contribution >= 4 is 0 Å². The maximum atomic E-state index is 5.83. The van der Waals surface area contributed by atoms with Crippen molar-refractivity contribution in [1.82, 2.24) is 5.32 Å². The average molecular weight is 371 g/mol. The lowest BCUT2D eigenvalue weighted by atomic mass is 9.76. The van der Waals surface area contributed by atoms with Crippen molar-refractivity contribution in [3.05, 3.63) is 28.8 Å². The molecule has 2 aliphatic rings. The summed E-state index contributed by atoms with van der Waals surface area (Å²) in [5.41, 5.74) is 5.74. The molecule has 1 atom stereocenters. The third-order valence-corrected chi connectivity index (χ3v) is 5.54. The van der Waals surface area contributed by atoms with Crippen LogP contribution < -0.4 is 29.0 Å². The summed E-state index contributed by atoms with van der Waals surface area (Å²) in [4.78, 5) is 0.